The Hall–Kier alpha value is -2.93. The van der Waals surface area contributed by atoms with Crippen molar-refractivity contribution >= 4 is 44.2 Å². The third-order valence-electron chi connectivity index (χ3n) is 4.67. The molecule has 3 heterocycles. The van der Waals surface area contributed by atoms with Gasteiger partial charge in [0.05, 0.1) is 11.1 Å². The van der Waals surface area contributed by atoms with E-state index < -0.39 is 5.91 Å². The summed E-state index contributed by atoms with van der Waals surface area (Å²) in [5, 5.41) is 4.42. The van der Waals surface area contributed by atoms with Crippen LogP contribution < -0.4 is 10.7 Å². The highest BCUT2D eigenvalue weighted by atomic mass is 32.1. The quantitative estimate of drug-likeness (QED) is 0.474. The second-order valence-corrected chi connectivity index (χ2v) is 8.44. The van der Waals surface area contributed by atoms with Gasteiger partial charge in [0.2, 0.25) is 5.43 Å². The molecule has 27 heavy (non-hydrogen) atoms. The summed E-state index contributed by atoms with van der Waals surface area (Å²) in [5.41, 5.74) is 3.23. The standard InChI is InChI=1S/C20H20N4O2S.H2/c1-10-16-17(25)13(8-22-19(16)27-24-10)18(26)23-11-5-6-12-14(20(2,3)4)9-21-15(12)7-11;/h5-9,21H,1-4H3,(H,22,25)(H,23,26);1H. The van der Waals surface area contributed by atoms with Gasteiger partial charge in [0.25, 0.3) is 5.91 Å². The first-order chi connectivity index (χ1) is 12.8. The Morgan fingerprint density at radius 3 is 2.74 bits per heavy atom. The van der Waals surface area contributed by atoms with Crippen LogP contribution in [0.25, 0.3) is 21.1 Å². The number of fused-ring (bicyclic) bond motifs is 2. The van der Waals surface area contributed by atoms with E-state index in [-0.39, 0.29) is 17.8 Å². The summed E-state index contributed by atoms with van der Waals surface area (Å²) in [6, 6.07) is 5.72. The molecule has 6 nitrogen and oxygen atoms in total. The summed E-state index contributed by atoms with van der Waals surface area (Å²) in [7, 11) is 0. The number of nitrogens with one attached hydrogen (secondary N) is 3. The van der Waals surface area contributed by atoms with E-state index in [4.69, 9.17) is 0 Å². The number of hydrogen-bond acceptors (Lipinski definition) is 4. The highest BCUT2D eigenvalue weighted by molar-refractivity contribution is 7.12. The van der Waals surface area contributed by atoms with Crippen molar-refractivity contribution in [2.75, 3.05) is 5.32 Å². The number of amides is 1. The average Bonchev–Trinajstić information content (AvgIpc) is 3.18. The molecule has 0 saturated heterocycles. The van der Waals surface area contributed by atoms with Crippen LogP contribution in [0.4, 0.5) is 5.69 Å². The van der Waals surface area contributed by atoms with Crippen molar-refractivity contribution in [1.29, 1.82) is 0 Å². The highest BCUT2D eigenvalue weighted by Crippen LogP contribution is 2.31. The van der Waals surface area contributed by atoms with Gasteiger partial charge >= 0.3 is 0 Å². The average molecular weight is 382 g/mol. The van der Waals surface area contributed by atoms with Gasteiger partial charge in [-0.25, -0.2) is 0 Å². The fourth-order valence-corrected chi connectivity index (χ4v) is 4.03. The number of benzene rings is 1. The summed E-state index contributed by atoms with van der Waals surface area (Å²) in [4.78, 5) is 32.2. The Labute approximate surface area is 161 Å². The molecular weight excluding hydrogens is 360 g/mol. The monoisotopic (exact) mass is 382 g/mol. The first kappa shape index (κ1) is 17.5. The van der Waals surface area contributed by atoms with Crippen molar-refractivity contribution in [2.24, 2.45) is 0 Å². The molecule has 0 aliphatic rings. The van der Waals surface area contributed by atoms with Crippen molar-refractivity contribution in [2.45, 2.75) is 33.1 Å². The van der Waals surface area contributed by atoms with Crippen LogP contribution in [0.15, 0.2) is 35.4 Å². The fraction of sp³-hybridized carbons (Fsp3) is 0.250. The molecule has 0 bridgehead atoms. The lowest BCUT2D eigenvalue weighted by Gasteiger charge is -2.17. The van der Waals surface area contributed by atoms with Gasteiger partial charge in [0.15, 0.2) is 0 Å². The van der Waals surface area contributed by atoms with Crippen molar-refractivity contribution in [3.63, 3.8) is 0 Å². The van der Waals surface area contributed by atoms with Crippen molar-refractivity contribution in [3.8, 4) is 0 Å². The lowest BCUT2D eigenvalue weighted by molar-refractivity contribution is 0.102. The molecule has 0 atom stereocenters. The number of H-pyrrole nitrogens is 2. The van der Waals surface area contributed by atoms with Gasteiger partial charge < -0.3 is 15.3 Å². The molecule has 7 heteroatoms. The topological polar surface area (TPSA) is 90.6 Å². The largest absolute Gasteiger partial charge is 0.361 e. The number of nitrogens with zero attached hydrogens (tertiary/aromatic N) is 1. The van der Waals surface area contributed by atoms with Gasteiger partial charge in [-0.15, -0.1) is 0 Å². The Balaban J connectivity index is 0.00000225. The molecule has 4 rings (SSSR count). The second kappa shape index (κ2) is 6.06. The van der Waals surface area contributed by atoms with Gasteiger partial charge in [0, 0.05) is 30.4 Å². The van der Waals surface area contributed by atoms with E-state index in [9.17, 15) is 9.59 Å². The van der Waals surface area contributed by atoms with E-state index in [1.54, 1.807) is 6.92 Å². The summed E-state index contributed by atoms with van der Waals surface area (Å²) < 4.78 is 4.17. The van der Waals surface area contributed by atoms with E-state index in [2.05, 4.69) is 40.4 Å². The zero-order valence-corrected chi connectivity index (χ0v) is 16.4. The van der Waals surface area contributed by atoms with Crippen LogP contribution in [0.3, 0.4) is 0 Å². The molecule has 0 aliphatic carbocycles. The normalized spacial score (nSPS) is 12.0. The smallest absolute Gasteiger partial charge is 0.261 e. The maximum atomic E-state index is 12.7. The number of aromatic amines is 2. The van der Waals surface area contributed by atoms with Crippen LogP contribution >= 0.6 is 11.5 Å². The Bertz CT molecular complexity index is 1250. The maximum absolute atomic E-state index is 12.7. The van der Waals surface area contributed by atoms with E-state index in [0.29, 0.717) is 21.6 Å². The minimum absolute atomic E-state index is 0. The van der Waals surface area contributed by atoms with E-state index in [1.807, 2.05) is 24.4 Å². The number of pyridine rings is 1. The van der Waals surface area contributed by atoms with E-state index >= 15 is 0 Å². The van der Waals surface area contributed by atoms with Crippen LogP contribution in [0, 0.1) is 6.92 Å². The zero-order valence-electron chi connectivity index (χ0n) is 15.6. The SMILES string of the molecule is Cc1nsc2[nH]cc(C(=O)Nc3ccc4c(C(C)(C)C)c[nH]c4c3)c(=O)c12.[HH]. The number of anilines is 1. The van der Waals surface area contributed by atoms with Crippen LogP contribution in [0.2, 0.25) is 0 Å². The first-order valence-corrected chi connectivity index (χ1v) is 9.43. The van der Waals surface area contributed by atoms with Gasteiger partial charge in [-0.1, -0.05) is 26.8 Å². The summed E-state index contributed by atoms with van der Waals surface area (Å²) in [6.07, 6.45) is 3.45. The lowest BCUT2D eigenvalue weighted by Crippen LogP contribution is -2.21. The third-order valence-corrected chi connectivity index (χ3v) is 5.54. The molecule has 0 radical (unpaired) electrons. The predicted molar refractivity (Wildman–Crippen MR) is 112 cm³/mol. The lowest BCUT2D eigenvalue weighted by atomic mass is 9.87. The summed E-state index contributed by atoms with van der Waals surface area (Å²) in [6.45, 7) is 8.25. The Kier molecular flexibility index (Phi) is 3.92. The summed E-state index contributed by atoms with van der Waals surface area (Å²) in [5.74, 6) is -0.439. The van der Waals surface area contributed by atoms with Gasteiger partial charge in [-0.2, -0.15) is 4.37 Å². The number of rotatable bonds is 2. The van der Waals surface area contributed by atoms with Crippen molar-refractivity contribution < 1.29 is 6.22 Å². The van der Waals surface area contributed by atoms with Gasteiger partial charge in [-0.05, 0) is 41.6 Å². The first-order valence-electron chi connectivity index (χ1n) is 8.66. The zero-order chi connectivity index (χ0) is 19.3. The van der Waals surface area contributed by atoms with Crippen LogP contribution in [0.1, 0.15) is 43.8 Å². The molecule has 0 aliphatic heterocycles. The third kappa shape index (κ3) is 2.94. The number of carbonyl (C=O) groups excluding carboxylic acids is 1. The van der Waals surface area contributed by atoms with Crippen LogP contribution in [-0.4, -0.2) is 20.2 Å². The number of hydrogen-bond donors (Lipinski definition) is 3. The van der Waals surface area contributed by atoms with Gasteiger partial charge in [0.1, 0.15) is 10.4 Å². The summed E-state index contributed by atoms with van der Waals surface area (Å²) >= 11 is 1.22. The molecule has 3 aromatic heterocycles. The second-order valence-electron chi connectivity index (χ2n) is 7.67. The Morgan fingerprint density at radius 2 is 2.00 bits per heavy atom. The molecule has 0 unspecified atom stereocenters. The minimum atomic E-state index is -0.439. The molecule has 0 spiro atoms. The van der Waals surface area contributed by atoms with E-state index in [1.165, 1.54) is 23.3 Å². The fourth-order valence-electron chi connectivity index (χ4n) is 3.27. The highest BCUT2D eigenvalue weighted by Gasteiger charge is 2.19. The molecule has 1 aromatic carbocycles. The molecule has 3 N–H and O–H groups in total. The van der Waals surface area contributed by atoms with Crippen molar-refractivity contribution in [1.82, 2.24) is 14.3 Å². The van der Waals surface area contributed by atoms with Crippen LogP contribution in [0.5, 0.6) is 0 Å². The number of aryl methyl sites for hydroxylation is 1. The molecule has 1 amide bonds. The molecule has 140 valence electrons. The van der Waals surface area contributed by atoms with E-state index in [0.717, 1.165) is 10.9 Å². The number of aromatic nitrogens is 3. The Morgan fingerprint density at radius 1 is 1.22 bits per heavy atom. The van der Waals surface area contributed by atoms with Crippen molar-refractivity contribution in [3.05, 3.63) is 57.6 Å². The molecule has 0 saturated carbocycles. The molecule has 4 aromatic rings. The molecular formula is C20H22N4O2S. The minimum Gasteiger partial charge on any atom is -0.361 e. The predicted octanol–water partition coefficient (Wildman–Crippen LogP) is 4.57. The van der Waals surface area contributed by atoms with Gasteiger partial charge in [-0.3, -0.25) is 9.59 Å². The molecule has 0 fully saturated rings. The number of carbonyl (C=O) groups is 1. The van der Waals surface area contributed by atoms with Crippen LogP contribution in [-0.2, 0) is 5.41 Å². The maximum Gasteiger partial charge on any atom is 0.261 e.